The van der Waals surface area contributed by atoms with Gasteiger partial charge >= 0.3 is 5.97 Å². The van der Waals surface area contributed by atoms with E-state index in [2.05, 4.69) is 0 Å². The lowest BCUT2D eigenvalue weighted by atomic mass is 10.0. The van der Waals surface area contributed by atoms with Gasteiger partial charge in [-0.05, 0) is 25.7 Å². The van der Waals surface area contributed by atoms with Crippen molar-refractivity contribution in [3.63, 3.8) is 0 Å². The van der Waals surface area contributed by atoms with Crippen LogP contribution in [-0.2, 0) is 14.3 Å². The lowest BCUT2D eigenvalue weighted by Crippen LogP contribution is -2.39. The Hall–Kier alpha value is -0.910. The highest BCUT2D eigenvalue weighted by atomic mass is 16.6. The van der Waals surface area contributed by atoms with Gasteiger partial charge in [-0.1, -0.05) is 25.0 Å². The predicted molar refractivity (Wildman–Crippen MR) is 68.4 cm³/mol. The van der Waals surface area contributed by atoms with Crippen molar-refractivity contribution in [2.75, 3.05) is 6.61 Å². The van der Waals surface area contributed by atoms with Gasteiger partial charge in [0.25, 0.3) is 0 Å². The van der Waals surface area contributed by atoms with Crippen LogP contribution in [0.25, 0.3) is 0 Å². The summed E-state index contributed by atoms with van der Waals surface area (Å²) >= 11 is 0. The van der Waals surface area contributed by atoms with Gasteiger partial charge in [-0.3, -0.25) is 0 Å². The van der Waals surface area contributed by atoms with E-state index in [1.807, 2.05) is 6.08 Å². The molecular weight excluding hydrogens is 248 g/mol. The Kier molecular flexibility index (Phi) is 4.96. The van der Waals surface area contributed by atoms with Crippen molar-refractivity contribution in [1.29, 1.82) is 0 Å². The van der Waals surface area contributed by atoms with Crippen molar-refractivity contribution in [3.05, 3.63) is 12.2 Å². The highest BCUT2D eigenvalue weighted by Crippen LogP contribution is 2.27. The molecule has 5 nitrogen and oxygen atoms in total. The molecule has 1 saturated heterocycles. The SMILES string of the molecule is CCO[C@H]1C(=O)OC([C@H](O)/C=C/C2CCCC2)C1O. The summed E-state index contributed by atoms with van der Waals surface area (Å²) < 4.78 is 10.1. The number of ether oxygens (including phenoxy) is 2. The Morgan fingerprint density at radius 2 is 2.16 bits per heavy atom. The van der Waals surface area contributed by atoms with Gasteiger partial charge in [0.05, 0.1) is 0 Å². The van der Waals surface area contributed by atoms with Crippen LogP contribution in [0.15, 0.2) is 12.2 Å². The first-order chi connectivity index (χ1) is 9.13. The van der Waals surface area contributed by atoms with Gasteiger partial charge in [-0.15, -0.1) is 0 Å². The Balaban J connectivity index is 1.91. The molecular formula is C14H22O5. The van der Waals surface area contributed by atoms with Crippen LogP contribution in [0.5, 0.6) is 0 Å². The second kappa shape index (κ2) is 6.50. The number of cyclic esters (lactones) is 1. The first-order valence-electron chi connectivity index (χ1n) is 7.00. The van der Waals surface area contributed by atoms with Crippen LogP contribution in [0.3, 0.4) is 0 Å². The fourth-order valence-corrected chi connectivity index (χ4v) is 2.73. The van der Waals surface area contributed by atoms with Gasteiger partial charge in [0.2, 0.25) is 0 Å². The van der Waals surface area contributed by atoms with Gasteiger partial charge in [0.1, 0.15) is 12.2 Å². The smallest absolute Gasteiger partial charge is 0.338 e. The molecule has 5 heteroatoms. The number of rotatable bonds is 5. The molecule has 0 aromatic heterocycles. The fraction of sp³-hybridized carbons (Fsp3) is 0.786. The third-order valence-electron chi connectivity index (χ3n) is 3.79. The molecule has 1 heterocycles. The Labute approximate surface area is 113 Å². The maximum atomic E-state index is 11.5. The molecule has 0 radical (unpaired) electrons. The fourth-order valence-electron chi connectivity index (χ4n) is 2.73. The summed E-state index contributed by atoms with van der Waals surface area (Å²) in [5, 5.41) is 20.0. The van der Waals surface area contributed by atoms with Crippen molar-refractivity contribution in [2.45, 2.75) is 57.0 Å². The highest BCUT2D eigenvalue weighted by Gasteiger charge is 2.47. The van der Waals surface area contributed by atoms with Crippen LogP contribution >= 0.6 is 0 Å². The van der Waals surface area contributed by atoms with Crippen LogP contribution in [0.1, 0.15) is 32.6 Å². The summed E-state index contributed by atoms with van der Waals surface area (Å²) in [6, 6.07) is 0. The van der Waals surface area contributed by atoms with E-state index in [9.17, 15) is 15.0 Å². The number of aliphatic hydroxyl groups is 2. The van der Waals surface area contributed by atoms with Gasteiger partial charge in [-0.2, -0.15) is 0 Å². The molecule has 2 rings (SSSR count). The van der Waals surface area contributed by atoms with E-state index >= 15 is 0 Å². The maximum absolute atomic E-state index is 11.5. The molecule has 1 saturated carbocycles. The van der Waals surface area contributed by atoms with E-state index in [-0.39, 0.29) is 0 Å². The predicted octanol–water partition coefficient (Wildman–Crippen LogP) is 0.785. The zero-order valence-electron chi connectivity index (χ0n) is 11.2. The van der Waals surface area contributed by atoms with E-state index in [4.69, 9.17) is 9.47 Å². The second-order valence-electron chi connectivity index (χ2n) is 5.19. The topological polar surface area (TPSA) is 76.0 Å². The molecule has 4 atom stereocenters. The van der Waals surface area contributed by atoms with E-state index in [1.165, 1.54) is 12.8 Å². The first-order valence-corrected chi connectivity index (χ1v) is 7.00. The van der Waals surface area contributed by atoms with Gasteiger partial charge in [-0.25, -0.2) is 4.79 Å². The van der Waals surface area contributed by atoms with Gasteiger partial charge < -0.3 is 19.7 Å². The third kappa shape index (κ3) is 3.35. The van der Waals surface area contributed by atoms with Crippen LogP contribution in [0.2, 0.25) is 0 Å². The van der Waals surface area contributed by atoms with Crippen molar-refractivity contribution in [2.24, 2.45) is 5.92 Å². The second-order valence-corrected chi connectivity index (χ2v) is 5.19. The molecule has 0 bridgehead atoms. The summed E-state index contributed by atoms with van der Waals surface area (Å²) in [4.78, 5) is 11.5. The van der Waals surface area contributed by atoms with E-state index in [1.54, 1.807) is 13.0 Å². The minimum absolute atomic E-state index is 0.317. The van der Waals surface area contributed by atoms with Gasteiger partial charge in [0.15, 0.2) is 12.2 Å². The third-order valence-corrected chi connectivity index (χ3v) is 3.79. The van der Waals surface area contributed by atoms with Crippen molar-refractivity contribution < 1.29 is 24.5 Å². The molecule has 2 N–H and O–H groups in total. The molecule has 1 aliphatic heterocycles. The number of carbonyl (C=O) groups is 1. The van der Waals surface area contributed by atoms with Crippen LogP contribution in [-0.4, -0.2) is 47.2 Å². The molecule has 2 fully saturated rings. The molecule has 0 amide bonds. The van der Waals surface area contributed by atoms with Crippen molar-refractivity contribution in [3.8, 4) is 0 Å². The molecule has 0 aromatic rings. The number of carbonyl (C=O) groups excluding carboxylic acids is 1. The zero-order chi connectivity index (χ0) is 13.8. The summed E-state index contributed by atoms with van der Waals surface area (Å²) in [7, 11) is 0. The number of aliphatic hydroxyl groups excluding tert-OH is 2. The quantitative estimate of drug-likeness (QED) is 0.570. The molecule has 0 aromatic carbocycles. The molecule has 2 aliphatic rings. The Bertz CT molecular complexity index is 335. The van der Waals surface area contributed by atoms with Crippen molar-refractivity contribution >= 4 is 5.97 Å². The summed E-state index contributed by atoms with van der Waals surface area (Å²) in [5.41, 5.74) is 0. The number of esters is 1. The largest absolute Gasteiger partial charge is 0.454 e. The van der Waals surface area contributed by atoms with Crippen LogP contribution < -0.4 is 0 Å². The Morgan fingerprint density at radius 1 is 1.47 bits per heavy atom. The number of allylic oxidation sites excluding steroid dienone is 1. The molecule has 1 aliphatic carbocycles. The molecule has 2 unspecified atom stereocenters. The first kappa shape index (κ1) is 14.5. The van der Waals surface area contributed by atoms with Crippen LogP contribution in [0, 0.1) is 5.92 Å². The normalized spacial score (nSPS) is 34.1. The minimum Gasteiger partial charge on any atom is -0.454 e. The van der Waals surface area contributed by atoms with Crippen molar-refractivity contribution in [1.82, 2.24) is 0 Å². The summed E-state index contributed by atoms with van der Waals surface area (Å²) in [5.74, 6) is -0.112. The monoisotopic (exact) mass is 270 g/mol. The van der Waals surface area contributed by atoms with E-state index in [0.717, 1.165) is 12.8 Å². The summed E-state index contributed by atoms with van der Waals surface area (Å²) in [6.45, 7) is 2.06. The highest BCUT2D eigenvalue weighted by molar-refractivity contribution is 5.78. The lowest BCUT2D eigenvalue weighted by molar-refractivity contribution is -0.151. The summed E-state index contributed by atoms with van der Waals surface area (Å²) in [6.07, 6.45) is 4.30. The minimum atomic E-state index is -1.12. The average molecular weight is 270 g/mol. The Morgan fingerprint density at radius 3 is 2.79 bits per heavy atom. The maximum Gasteiger partial charge on any atom is 0.338 e. The zero-order valence-corrected chi connectivity index (χ0v) is 11.2. The van der Waals surface area contributed by atoms with Gasteiger partial charge in [0, 0.05) is 6.61 Å². The van der Waals surface area contributed by atoms with E-state index in [0.29, 0.717) is 12.5 Å². The molecule has 108 valence electrons. The molecule has 0 spiro atoms. The molecule has 19 heavy (non-hydrogen) atoms. The standard InChI is InChI=1S/C14H22O5/c1-2-18-13-11(16)12(19-14(13)17)10(15)8-7-9-5-3-4-6-9/h7-13,15-16H,2-6H2,1H3/b8-7+/t10-,11?,12?,13-/m1/s1. The van der Waals surface area contributed by atoms with E-state index < -0.39 is 30.4 Å². The average Bonchev–Trinajstić information content (AvgIpc) is 2.99. The van der Waals surface area contributed by atoms with Crippen LogP contribution in [0.4, 0.5) is 0 Å². The number of hydrogen-bond acceptors (Lipinski definition) is 5. The number of hydrogen-bond donors (Lipinski definition) is 2. The lowest BCUT2D eigenvalue weighted by Gasteiger charge is -2.18.